The van der Waals surface area contributed by atoms with Gasteiger partial charge in [-0.15, -0.1) is 0 Å². The molecule has 5 aromatic rings. The number of hydrogen-bond acceptors (Lipinski definition) is 5. The summed E-state index contributed by atoms with van der Waals surface area (Å²) in [5.74, 6) is 1.52. The lowest BCUT2D eigenvalue weighted by Gasteiger charge is -2.08. The Labute approximate surface area is 205 Å². The van der Waals surface area contributed by atoms with Gasteiger partial charge in [-0.1, -0.05) is 28.1 Å². The summed E-state index contributed by atoms with van der Waals surface area (Å²) in [5, 5.41) is 5.87. The Balaban J connectivity index is 1.67. The minimum absolute atomic E-state index is 0.279. The monoisotopic (exact) mass is 565 g/mol. The van der Waals surface area contributed by atoms with E-state index in [1.54, 1.807) is 24.4 Å². The number of aromatic nitrogens is 2. The minimum Gasteiger partial charge on any atom is -0.493 e. The third kappa shape index (κ3) is 4.24. The van der Waals surface area contributed by atoms with Gasteiger partial charge in [0.1, 0.15) is 11.3 Å². The van der Waals surface area contributed by atoms with Crippen LogP contribution in [0.5, 0.6) is 5.75 Å². The molecule has 2 aromatic heterocycles. The lowest BCUT2D eigenvalue weighted by atomic mass is 10.2. The maximum Gasteiger partial charge on any atom is 0.282 e. The summed E-state index contributed by atoms with van der Waals surface area (Å²) in [6, 6.07) is 20.4. The van der Waals surface area contributed by atoms with Crippen molar-refractivity contribution in [2.75, 3.05) is 6.61 Å². The molecule has 0 aliphatic heterocycles. The van der Waals surface area contributed by atoms with E-state index in [9.17, 15) is 4.79 Å². The first-order chi connectivity index (χ1) is 16.0. The van der Waals surface area contributed by atoms with Crippen molar-refractivity contribution in [2.24, 2.45) is 5.10 Å². The molecule has 0 radical (unpaired) electrons. The fourth-order valence-electron chi connectivity index (χ4n) is 3.51. The molecule has 0 saturated carbocycles. The first-order valence-electron chi connectivity index (χ1n) is 10.2. The molecule has 0 saturated heterocycles. The van der Waals surface area contributed by atoms with E-state index in [0.29, 0.717) is 34.7 Å². The Bertz CT molecular complexity index is 1590. The summed E-state index contributed by atoms with van der Waals surface area (Å²) in [7, 11) is 0. The quantitative estimate of drug-likeness (QED) is 0.224. The van der Waals surface area contributed by atoms with Crippen LogP contribution in [0.15, 0.2) is 90.0 Å². The first kappa shape index (κ1) is 21.6. The summed E-state index contributed by atoms with van der Waals surface area (Å²) in [6.45, 7) is 2.50. The molecule has 0 spiro atoms. The molecule has 0 N–H and O–H groups in total. The second kappa shape index (κ2) is 8.96. The average Bonchev–Trinajstić information content (AvgIpc) is 3.23. The van der Waals surface area contributed by atoms with Gasteiger partial charge in [0, 0.05) is 9.86 Å². The highest BCUT2D eigenvalue weighted by Crippen LogP contribution is 2.29. The SMILES string of the molecule is CCOc1ccc(C=Nn2c(-c3cc4cc(Br)ccc4o3)nc3ccccc3c2=O)cc1Br. The van der Waals surface area contributed by atoms with Gasteiger partial charge in [0.15, 0.2) is 5.76 Å². The van der Waals surface area contributed by atoms with E-state index in [-0.39, 0.29) is 5.56 Å². The Kier molecular flexibility index (Phi) is 5.86. The standard InChI is InChI=1S/C25H17Br2N3O3/c1-2-32-22-9-7-15(11-19(22)27)14-28-30-24(29-20-6-4-3-5-18(20)25(30)31)23-13-16-12-17(26)8-10-21(16)33-23/h3-14H,2H2,1H3. The van der Waals surface area contributed by atoms with Crippen molar-refractivity contribution in [1.29, 1.82) is 0 Å². The van der Waals surface area contributed by atoms with Crippen molar-refractivity contribution < 1.29 is 9.15 Å². The van der Waals surface area contributed by atoms with E-state index >= 15 is 0 Å². The third-order valence-corrected chi connectivity index (χ3v) is 6.14. The average molecular weight is 567 g/mol. The number of rotatable bonds is 5. The molecule has 0 aliphatic carbocycles. The molecule has 0 fully saturated rings. The smallest absolute Gasteiger partial charge is 0.282 e. The zero-order valence-corrected chi connectivity index (χ0v) is 20.6. The van der Waals surface area contributed by atoms with Crippen LogP contribution in [0.3, 0.4) is 0 Å². The molecule has 33 heavy (non-hydrogen) atoms. The number of fused-ring (bicyclic) bond motifs is 2. The molecule has 3 aromatic carbocycles. The first-order valence-corrected chi connectivity index (χ1v) is 11.8. The van der Waals surface area contributed by atoms with Crippen LogP contribution in [0.25, 0.3) is 33.5 Å². The molecule has 2 heterocycles. The van der Waals surface area contributed by atoms with Crippen LogP contribution >= 0.6 is 31.9 Å². The van der Waals surface area contributed by atoms with Crippen molar-refractivity contribution in [3.8, 4) is 17.3 Å². The van der Waals surface area contributed by atoms with Gasteiger partial charge in [0.2, 0.25) is 5.82 Å². The molecule has 0 unspecified atom stereocenters. The number of para-hydroxylation sites is 1. The van der Waals surface area contributed by atoms with Crippen molar-refractivity contribution in [3.63, 3.8) is 0 Å². The summed E-state index contributed by atoms with van der Waals surface area (Å²) >= 11 is 6.99. The Hall–Kier alpha value is -3.23. The molecular formula is C25H17Br2N3O3. The molecular weight excluding hydrogens is 550 g/mol. The lowest BCUT2D eigenvalue weighted by molar-refractivity contribution is 0.338. The molecule has 8 heteroatoms. The molecule has 5 rings (SSSR count). The van der Waals surface area contributed by atoms with E-state index in [1.807, 2.05) is 55.5 Å². The van der Waals surface area contributed by atoms with Gasteiger partial charge in [-0.3, -0.25) is 4.79 Å². The number of furan rings is 1. The zero-order chi connectivity index (χ0) is 22.9. The van der Waals surface area contributed by atoms with Crippen molar-refractivity contribution in [3.05, 3.63) is 91.6 Å². The van der Waals surface area contributed by atoms with E-state index in [4.69, 9.17) is 14.1 Å². The highest BCUT2D eigenvalue weighted by Gasteiger charge is 2.16. The van der Waals surface area contributed by atoms with Crippen LogP contribution in [-0.2, 0) is 0 Å². The normalized spacial score (nSPS) is 11.6. The predicted molar refractivity (Wildman–Crippen MR) is 137 cm³/mol. The zero-order valence-electron chi connectivity index (χ0n) is 17.5. The van der Waals surface area contributed by atoms with E-state index in [0.717, 1.165) is 25.6 Å². The Morgan fingerprint density at radius 3 is 2.76 bits per heavy atom. The fraction of sp³-hybridized carbons (Fsp3) is 0.0800. The molecule has 164 valence electrons. The number of halogens is 2. The number of nitrogens with zero attached hydrogens (tertiary/aromatic N) is 3. The van der Waals surface area contributed by atoms with Crippen molar-refractivity contribution >= 4 is 59.9 Å². The second-order valence-electron chi connectivity index (χ2n) is 7.23. The highest BCUT2D eigenvalue weighted by molar-refractivity contribution is 9.10. The third-order valence-electron chi connectivity index (χ3n) is 5.03. The van der Waals surface area contributed by atoms with E-state index in [2.05, 4.69) is 37.0 Å². The van der Waals surface area contributed by atoms with Crippen LogP contribution in [0.4, 0.5) is 0 Å². The van der Waals surface area contributed by atoms with Crippen LogP contribution in [-0.4, -0.2) is 22.5 Å². The molecule has 0 aliphatic rings. The topological polar surface area (TPSA) is 69.6 Å². The second-order valence-corrected chi connectivity index (χ2v) is 9.00. The van der Waals surface area contributed by atoms with Gasteiger partial charge in [-0.05, 0) is 83.0 Å². The maximum absolute atomic E-state index is 13.4. The summed E-state index contributed by atoms with van der Waals surface area (Å²) in [6.07, 6.45) is 1.61. The Morgan fingerprint density at radius 2 is 1.94 bits per heavy atom. The lowest BCUT2D eigenvalue weighted by Crippen LogP contribution is -2.20. The van der Waals surface area contributed by atoms with Crippen LogP contribution in [0, 0.1) is 0 Å². The largest absolute Gasteiger partial charge is 0.493 e. The number of hydrogen-bond donors (Lipinski definition) is 0. The van der Waals surface area contributed by atoms with Gasteiger partial charge in [0.25, 0.3) is 5.56 Å². The van der Waals surface area contributed by atoms with Gasteiger partial charge >= 0.3 is 0 Å². The number of benzene rings is 3. The Morgan fingerprint density at radius 1 is 1.09 bits per heavy atom. The van der Waals surface area contributed by atoms with Gasteiger partial charge in [0.05, 0.1) is 28.2 Å². The van der Waals surface area contributed by atoms with Gasteiger partial charge in [-0.25, -0.2) is 4.98 Å². The van der Waals surface area contributed by atoms with E-state index in [1.165, 1.54) is 4.68 Å². The highest BCUT2D eigenvalue weighted by atomic mass is 79.9. The van der Waals surface area contributed by atoms with Crippen LogP contribution < -0.4 is 10.3 Å². The van der Waals surface area contributed by atoms with Crippen molar-refractivity contribution in [1.82, 2.24) is 9.66 Å². The summed E-state index contributed by atoms with van der Waals surface area (Å²) in [5.41, 5.74) is 1.79. The molecule has 6 nitrogen and oxygen atoms in total. The van der Waals surface area contributed by atoms with E-state index < -0.39 is 0 Å². The maximum atomic E-state index is 13.4. The molecule has 0 atom stereocenters. The predicted octanol–water partition coefficient (Wildman–Crippen LogP) is 6.62. The van der Waals surface area contributed by atoms with Crippen molar-refractivity contribution in [2.45, 2.75) is 6.92 Å². The number of ether oxygens (including phenoxy) is 1. The van der Waals surface area contributed by atoms with Crippen LogP contribution in [0.2, 0.25) is 0 Å². The van der Waals surface area contributed by atoms with Gasteiger partial charge in [-0.2, -0.15) is 9.78 Å². The summed E-state index contributed by atoms with van der Waals surface area (Å²) in [4.78, 5) is 18.1. The summed E-state index contributed by atoms with van der Waals surface area (Å²) < 4.78 is 14.6. The van der Waals surface area contributed by atoms with Crippen LogP contribution in [0.1, 0.15) is 12.5 Å². The van der Waals surface area contributed by atoms with Gasteiger partial charge < -0.3 is 9.15 Å². The minimum atomic E-state index is -0.279. The fourth-order valence-corrected chi connectivity index (χ4v) is 4.40. The molecule has 0 bridgehead atoms. The molecule has 0 amide bonds.